The van der Waals surface area contributed by atoms with Crippen LogP contribution in [0.1, 0.15) is 38.2 Å². The molecule has 5 heterocycles. The zero-order valence-corrected chi connectivity index (χ0v) is 24.4. The number of hydrogen-bond acceptors (Lipinski definition) is 9. The SMILES string of the molecule is Cc1ccn2nc([C@H](C)Nc3ncnc4[nH]cc(-c5ccc(NS(C)(=O)=O)cc5)c34)nc(N3C[C@@H](C)O[C@@H](C)C3)c12. The van der Waals surface area contributed by atoms with Crippen LogP contribution in [0.2, 0.25) is 0 Å². The van der Waals surface area contributed by atoms with Crippen LogP contribution in [0.25, 0.3) is 27.7 Å². The van der Waals surface area contributed by atoms with Crippen LogP contribution in [0, 0.1) is 6.92 Å². The largest absolute Gasteiger partial charge is 0.372 e. The van der Waals surface area contributed by atoms with Gasteiger partial charge in [0.1, 0.15) is 23.3 Å². The van der Waals surface area contributed by atoms with Crippen LogP contribution in [0.15, 0.2) is 49.1 Å². The predicted octanol–water partition coefficient (Wildman–Crippen LogP) is 4.13. The van der Waals surface area contributed by atoms with E-state index in [2.05, 4.69) is 56.7 Å². The van der Waals surface area contributed by atoms with Crippen LogP contribution < -0.4 is 14.9 Å². The van der Waals surface area contributed by atoms with E-state index in [1.54, 1.807) is 12.1 Å². The van der Waals surface area contributed by atoms with Crippen LogP contribution in [-0.2, 0) is 14.8 Å². The molecule has 3 atom stereocenters. The lowest BCUT2D eigenvalue weighted by atomic mass is 10.1. The van der Waals surface area contributed by atoms with Crippen molar-refractivity contribution in [2.24, 2.45) is 0 Å². The standard InChI is InChI=1S/C28H33N9O3S/c1-16-10-11-37-24(16)28(36-13-17(2)40-18(3)14-36)33-25(34-37)19(4)32-27-23-22(12-29-26(23)30-15-31-27)20-6-8-21(9-7-20)35-41(5,38)39/h6-12,15,17-19,35H,13-14H2,1-5H3,(H2,29,30,31,32)/t17-,18+,19-/m0/s1. The Bertz CT molecular complexity index is 1820. The molecule has 1 fully saturated rings. The molecule has 6 rings (SSSR count). The van der Waals surface area contributed by atoms with E-state index in [4.69, 9.17) is 14.8 Å². The molecule has 0 radical (unpaired) electrons. The van der Waals surface area contributed by atoms with E-state index in [0.717, 1.165) is 52.8 Å². The smallest absolute Gasteiger partial charge is 0.229 e. The number of aromatic amines is 1. The molecule has 1 saturated heterocycles. The van der Waals surface area contributed by atoms with Crippen LogP contribution in [-0.4, -0.2) is 69.5 Å². The topological polar surface area (TPSA) is 142 Å². The third-order valence-electron chi connectivity index (χ3n) is 7.14. The number of rotatable bonds is 7. The molecule has 0 aliphatic carbocycles. The van der Waals surface area contributed by atoms with E-state index in [-0.39, 0.29) is 18.2 Å². The summed E-state index contributed by atoms with van der Waals surface area (Å²) >= 11 is 0. The number of aromatic nitrogens is 6. The number of aryl methyl sites for hydroxylation is 1. The number of nitrogens with zero attached hydrogens (tertiary/aromatic N) is 6. The molecule has 1 aliphatic rings. The van der Waals surface area contributed by atoms with Gasteiger partial charge in [0.15, 0.2) is 11.6 Å². The number of anilines is 3. The van der Waals surface area contributed by atoms with Crippen molar-refractivity contribution in [3.63, 3.8) is 0 Å². The lowest BCUT2D eigenvalue weighted by Crippen LogP contribution is -2.46. The number of H-pyrrole nitrogens is 1. The number of fused-ring (bicyclic) bond motifs is 2. The molecule has 41 heavy (non-hydrogen) atoms. The zero-order chi connectivity index (χ0) is 28.9. The minimum absolute atomic E-state index is 0.0977. The van der Waals surface area contributed by atoms with E-state index in [0.29, 0.717) is 23.0 Å². The number of ether oxygens (including phenoxy) is 1. The summed E-state index contributed by atoms with van der Waals surface area (Å²) in [5.74, 6) is 2.17. The summed E-state index contributed by atoms with van der Waals surface area (Å²) in [6, 6.07) is 8.95. The van der Waals surface area contributed by atoms with Crippen molar-refractivity contribution in [2.45, 2.75) is 45.9 Å². The Labute approximate surface area is 238 Å². The molecule has 5 aromatic rings. The maximum Gasteiger partial charge on any atom is 0.229 e. The average Bonchev–Trinajstić information content (AvgIpc) is 3.51. The lowest BCUT2D eigenvalue weighted by molar-refractivity contribution is -0.00541. The molecule has 1 aromatic carbocycles. The van der Waals surface area contributed by atoms with Gasteiger partial charge in [-0.2, -0.15) is 5.10 Å². The van der Waals surface area contributed by atoms with Gasteiger partial charge in [0, 0.05) is 36.7 Å². The van der Waals surface area contributed by atoms with Gasteiger partial charge in [-0.1, -0.05) is 12.1 Å². The summed E-state index contributed by atoms with van der Waals surface area (Å²) in [6.45, 7) is 9.76. The molecule has 0 saturated carbocycles. The van der Waals surface area contributed by atoms with Crippen molar-refractivity contribution in [2.75, 3.05) is 34.3 Å². The average molecular weight is 576 g/mol. The molecule has 1 aliphatic heterocycles. The van der Waals surface area contributed by atoms with E-state index >= 15 is 0 Å². The minimum atomic E-state index is -3.36. The normalized spacial score (nSPS) is 18.6. The fraction of sp³-hybridized carbons (Fsp3) is 0.357. The molecular weight excluding hydrogens is 542 g/mol. The summed E-state index contributed by atoms with van der Waals surface area (Å²) in [5.41, 5.74) is 5.05. The van der Waals surface area contributed by atoms with Crippen LogP contribution in [0.5, 0.6) is 0 Å². The van der Waals surface area contributed by atoms with Gasteiger partial charge in [0.2, 0.25) is 10.0 Å². The van der Waals surface area contributed by atoms with Crippen molar-refractivity contribution in [3.8, 4) is 11.1 Å². The summed E-state index contributed by atoms with van der Waals surface area (Å²) in [4.78, 5) is 19.6. The quantitative estimate of drug-likeness (QED) is 0.261. The molecule has 0 unspecified atom stereocenters. The molecule has 4 aromatic heterocycles. The van der Waals surface area contributed by atoms with E-state index < -0.39 is 10.0 Å². The maximum atomic E-state index is 11.6. The van der Waals surface area contributed by atoms with Gasteiger partial charge < -0.3 is 19.9 Å². The van der Waals surface area contributed by atoms with Gasteiger partial charge >= 0.3 is 0 Å². The van der Waals surface area contributed by atoms with Gasteiger partial charge in [-0.15, -0.1) is 0 Å². The maximum absolute atomic E-state index is 11.6. The number of morpholine rings is 1. The summed E-state index contributed by atoms with van der Waals surface area (Å²) in [6.07, 6.45) is 6.67. The highest BCUT2D eigenvalue weighted by Gasteiger charge is 2.27. The molecule has 13 heteroatoms. The molecule has 0 spiro atoms. The highest BCUT2D eigenvalue weighted by atomic mass is 32.2. The second-order valence-corrected chi connectivity index (χ2v) is 12.5. The third kappa shape index (κ3) is 5.42. The van der Waals surface area contributed by atoms with Crippen LogP contribution in [0.4, 0.5) is 17.3 Å². The van der Waals surface area contributed by atoms with Crippen LogP contribution in [0.3, 0.4) is 0 Å². The molecule has 0 bridgehead atoms. The van der Waals surface area contributed by atoms with Gasteiger partial charge in [-0.05, 0) is 57.0 Å². The number of nitrogens with one attached hydrogen (secondary N) is 3. The third-order valence-corrected chi connectivity index (χ3v) is 7.75. The Balaban J connectivity index is 1.35. The second kappa shape index (κ2) is 10.3. The van der Waals surface area contributed by atoms with Crippen molar-refractivity contribution in [1.29, 1.82) is 0 Å². The Morgan fingerprint density at radius 3 is 2.54 bits per heavy atom. The Morgan fingerprint density at radius 1 is 1.10 bits per heavy atom. The van der Waals surface area contributed by atoms with E-state index in [9.17, 15) is 8.42 Å². The lowest BCUT2D eigenvalue weighted by Gasteiger charge is -2.36. The van der Waals surface area contributed by atoms with Crippen molar-refractivity contribution >= 4 is 43.9 Å². The molecular formula is C28H33N9O3S. The van der Waals surface area contributed by atoms with Gasteiger partial charge in [-0.25, -0.2) is 27.9 Å². The monoisotopic (exact) mass is 575 g/mol. The van der Waals surface area contributed by atoms with Crippen LogP contribution >= 0.6 is 0 Å². The van der Waals surface area contributed by atoms with E-state index in [1.807, 2.05) is 36.0 Å². The fourth-order valence-corrected chi connectivity index (χ4v) is 5.99. The van der Waals surface area contributed by atoms with Crippen molar-refractivity contribution in [3.05, 3.63) is 60.4 Å². The summed E-state index contributed by atoms with van der Waals surface area (Å²) in [7, 11) is -3.36. The fourth-order valence-electron chi connectivity index (χ4n) is 5.43. The highest BCUT2D eigenvalue weighted by Crippen LogP contribution is 2.34. The molecule has 214 valence electrons. The first-order chi connectivity index (χ1) is 19.6. The number of sulfonamides is 1. The predicted molar refractivity (Wildman–Crippen MR) is 160 cm³/mol. The highest BCUT2D eigenvalue weighted by molar-refractivity contribution is 7.92. The Hall–Kier alpha value is -4.23. The Morgan fingerprint density at radius 2 is 1.83 bits per heavy atom. The van der Waals surface area contributed by atoms with Gasteiger partial charge in [0.05, 0.1) is 29.9 Å². The number of benzene rings is 1. The van der Waals surface area contributed by atoms with Gasteiger partial charge in [0.25, 0.3) is 0 Å². The molecule has 3 N–H and O–H groups in total. The first-order valence-corrected chi connectivity index (χ1v) is 15.4. The van der Waals surface area contributed by atoms with Crippen molar-refractivity contribution < 1.29 is 13.2 Å². The summed E-state index contributed by atoms with van der Waals surface area (Å²) < 4.78 is 33.6. The summed E-state index contributed by atoms with van der Waals surface area (Å²) in [5, 5.41) is 9.18. The zero-order valence-electron chi connectivity index (χ0n) is 23.6. The first kappa shape index (κ1) is 27.0. The first-order valence-electron chi connectivity index (χ1n) is 13.5. The van der Waals surface area contributed by atoms with Crippen molar-refractivity contribution in [1.82, 2.24) is 29.5 Å². The number of hydrogen-bond donors (Lipinski definition) is 3. The molecule has 12 nitrogen and oxygen atoms in total. The molecule has 0 amide bonds. The second-order valence-electron chi connectivity index (χ2n) is 10.7. The Kier molecular flexibility index (Phi) is 6.78. The van der Waals surface area contributed by atoms with Gasteiger partial charge in [-0.3, -0.25) is 4.72 Å². The van der Waals surface area contributed by atoms with E-state index in [1.165, 1.54) is 6.33 Å². The minimum Gasteiger partial charge on any atom is -0.372 e.